The molecule has 2 aliphatic rings. The summed E-state index contributed by atoms with van der Waals surface area (Å²) in [6.45, 7) is 2.23. The number of hydrogen-bond donors (Lipinski definition) is 4. The van der Waals surface area contributed by atoms with Crippen molar-refractivity contribution in [3.05, 3.63) is 29.3 Å². The second-order valence-electron chi connectivity index (χ2n) is 8.46. The van der Waals surface area contributed by atoms with Crippen LogP contribution in [0.1, 0.15) is 44.9 Å². The molecule has 31 heavy (non-hydrogen) atoms. The molecule has 0 aromatic heterocycles. The number of anilines is 1. The number of hydrogen-bond acceptors (Lipinski definition) is 4. The SMILES string of the molecule is NC(N)=NCCN1CCC(NC(=O)C(=O)Nc2ccc(Cl)cc2)CC1C1CCCCC1. The molecular formula is C22H33ClN6O2. The number of rotatable bonds is 6. The van der Waals surface area contributed by atoms with E-state index < -0.39 is 11.8 Å². The summed E-state index contributed by atoms with van der Waals surface area (Å²) >= 11 is 5.86. The zero-order chi connectivity index (χ0) is 22.2. The summed E-state index contributed by atoms with van der Waals surface area (Å²) in [5.41, 5.74) is 11.5. The van der Waals surface area contributed by atoms with E-state index in [0.717, 1.165) is 25.9 Å². The predicted molar refractivity (Wildman–Crippen MR) is 124 cm³/mol. The fourth-order valence-electron chi connectivity index (χ4n) is 4.74. The normalized spacial score (nSPS) is 22.5. The molecule has 3 rings (SSSR count). The maximum Gasteiger partial charge on any atom is 0.313 e. The molecule has 1 saturated carbocycles. The van der Waals surface area contributed by atoms with E-state index in [9.17, 15) is 9.59 Å². The molecule has 6 N–H and O–H groups in total. The summed E-state index contributed by atoms with van der Waals surface area (Å²) in [4.78, 5) is 31.4. The van der Waals surface area contributed by atoms with Crippen LogP contribution in [-0.4, -0.2) is 54.4 Å². The number of guanidine groups is 1. The molecule has 0 radical (unpaired) electrons. The third kappa shape index (κ3) is 7.11. The molecule has 2 atom stereocenters. The number of nitrogens with zero attached hydrogens (tertiary/aromatic N) is 2. The summed E-state index contributed by atoms with van der Waals surface area (Å²) in [6.07, 6.45) is 7.86. The number of likely N-dealkylation sites (tertiary alicyclic amines) is 1. The van der Waals surface area contributed by atoms with Gasteiger partial charge in [0.25, 0.3) is 0 Å². The number of piperidine rings is 1. The second-order valence-corrected chi connectivity index (χ2v) is 8.90. The highest BCUT2D eigenvalue weighted by molar-refractivity contribution is 6.39. The van der Waals surface area contributed by atoms with Gasteiger partial charge in [-0.05, 0) is 55.9 Å². The van der Waals surface area contributed by atoms with E-state index in [1.54, 1.807) is 24.3 Å². The van der Waals surface area contributed by atoms with E-state index in [1.165, 1.54) is 32.1 Å². The third-order valence-corrected chi connectivity index (χ3v) is 6.53. The Morgan fingerprint density at radius 1 is 1.06 bits per heavy atom. The number of carbonyl (C=O) groups excluding carboxylic acids is 2. The van der Waals surface area contributed by atoms with Gasteiger partial charge in [-0.25, -0.2) is 0 Å². The molecule has 1 aromatic rings. The topological polar surface area (TPSA) is 126 Å². The van der Waals surface area contributed by atoms with Crippen LogP contribution >= 0.6 is 11.6 Å². The molecule has 0 spiro atoms. The van der Waals surface area contributed by atoms with Gasteiger partial charge in [0.15, 0.2) is 5.96 Å². The van der Waals surface area contributed by atoms with Gasteiger partial charge >= 0.3 is 11.8 Å². The predicted octanol–water partition coefficient (Wildman–Crippen LogP) is 2.08. The van der Waals surface area contributed by atoms with Crippen molar-refractivity contribution in [2.75, 3.05) is 25.0 Å². The zero-order valence-corrected chi connectivity index (χ0v) is 18.6. The lowest BCUT2D eigenvalue weighted by atomic mass is 9.78. The number of halogens is 1. The van der Waals surface area contributed by atoms with Gasteiger partial charge in [0, 0.05) is 35.9 Å². The van der Waals surface area contributed by atoms with Crippen molar-refractivity contribution in [2.45, 2.75) is 57.0 Å². The maximum absolute atomic E-state index is 12.5. The van der Waals surface area contributed by atoms with Gasteiger partial charge in [-0.2, -0.15) is 0 Å². The Morgan fingerprint density at radius 2 is 1.77 bits per heavy atom. The lowest BCUT2D eigenvalue weighted by Gasteiger charge is -2.44. The number of nitrogens with two attached hydrogens (primary N) is 2. The molecule has 2 unspecified atom stereocenters. The summed E-state index contributed by atoms with van der Waals surface area (Å²) in [5, 5.41) is 6.14. The van der Waals surface area contributed by atoms with Crippen LogP contribution in [0, 0.1) is 5.92 Å². The highest BCUT2D eigenvalue weighted by Gasteiger charge is 2.35. The third-order valence-electron chi connectivity index (χ3n) is 6.28. The second kappa shape index (κ2) is 11.3. The van der Waals surface area contributed by atoms with Crippen LogP contribution in [0.25, 0.3) is 0 Å². The zero-order valence-electron chi connectivity index (χ0n) is 17.9. The van der Waals surface area contributed by atoms with E-state index in [2.05, 4.69) is 20.5 Å². The fourth-order valence-corrected chi connectivity index (χ4v) is 4.87. The minimum Gasteiger partial charge on any atom is -0.370 e. The van der Waals surface area contributed by atoms with Gasteiger partial charge in [-0.1, -0.05) is 30.9 Å². The highest BCUT2D eigenvalue weighted by Crippen LogP contribution is 2.33. The molecule has 0 bridgehead atoms. The number of carbonyl (C=O) groups is 2. The lowest BCUT2D eigenvalue weighted by Crippen LogP contribution is -2.54. The maximum atomic E-state index is 12.5. The molecule has 9 heteroatoms. The van der Waals surface area contributed by atoms with Crippen LogP contribution in [0.4, 0.5) is 5.69 Å². The van der Waals surface area contributed by atoms with Crippen LogP contribution in [0.3, 0.4) is 0 Å². The molecule has 170 valence electrons. The molecule has 1 aromatic carbocycles. The van der Waals surface area contributed by atoms with Crippen molar-refractivity contribution in [1.82, 2.24) is 10.2 Å². The van der Waals surface area contributed by atoms with Crippen molar-refractivity contribution >= 4 is 35.1 Å². The van der Waals surface area contributed by atoms with Gasteiger partial charge in [0.2, 0.25) is 0 Å². The molecule has 1 aliphatic carbocycles. The molecule has 2 fully saturated rings. The minimum absolute atomic E-state index is 0.0188. The Labute approximate surface area is 188 Å². The van der Waals surface area contributed by atoms with Gasteiger partial charge in [0.1, 0.15) is 0 Å². The van der Waals surface area contributed by atoms with Crippen LogP contribution in [-0.2, 0) is 9.59 Å². The Kier molecular flexibility index (Phi) is 8.54. The first-order valence-corrected chi connectivity index (χ1v) is 11.5. The Bertz CT molecular complexity index is 775. The smallest absolute Gasteiger partial charge is 0.313 e. The van der Waals surface area contributed by atoms with Gasteiger partial charge in [-0.3, -0.25) is 19.5 Å². The molecule has 8 nitrogen and oxygen atoms in total. The Hall–Kier alpha value is -2.32. The number of benzene rings is 1. The van der Waals surface area contributed by atoms with Gasteiger partial charge in [0.05, 0.1) is 6.54 Å². The van der Waals surface area contributed by atoms with Crippen LogP contribution in [0.2, 0.25) is 5.02 Å². The van der Waals surface area contributed by atoms with Crippen LogP contribution < -0.4 is 22.1 Å². The fraction of sp³-hybridized carbons (Fsp3) is 0.591. The Morgan fingerprint density at radius 3 is 2.45 bits per heavy atom. The molecule has 1 aliphatic heterocycles. The monoisotopic (exact) mass is 448 g/mol. The molecule has 1 saturated heterocycles. The molecular weight excluding hydrogens is 416 g/mol. The van der Waals surface area contributed by atoms with Crippen molar-refractivity contribution in [3.63, 3.8) is 0 Å². The number of amides is 2. The first-order chi connectivity index (χ1) is 14.9. The van der Waals surface area contributed by atoms with E-state index in [4.69, 9.17) is 23.1 Å². The van der Waals surface area contributed by atoms with E-state index in [-0.39, 0.29) is 12.0 Å². The number of nitrogens with one attached hydrogen (secondary N) is 2. The molecule has 1 heterocycles. The standard InChI is InChI=1S/C22H33ClN6O2/c23-16-6-8-17(9-7-16)27-20(30)21(31)28-18-10-12-29(13-11-26-22(24)25)19(14-18)15-4-2-1-3-5-15/h6-9,15,18-19H,1-5,10-14H2,(H,27,30)(H,28,31)(H4,24,25,26). The average molecular weight is 449 g/mol. The Balaban J connectivity index is 1.57. The lowest BCUT2D eigenvalue weighted by molar-refractivity contribution is -0.137. The van der Waals surface area contributed by atoms with E-state index in [1.807, 2.05) is 0 Å². The quantitative estimate of drug-likeness (QED) is 0.301. The van der Waals surface area contributed by atoms with Crippen molar-refractivity contribution in [2.24, 2.45) is 22.4 Å². The van der Waals surface area contributed by atoms with Crippen LogP contribution in [0.15, 0.2) is 29.3 Å². The van der Waals surface area contributed by atoms with Crippen molar-refractivity contribution in [3.8, 4) is 0 Å². The molecule has 2 amide bonds. The van der Waals surface area contributed by atoms with Crippen molar-refractivity contribution < 1.29 is 9.59 Å². The first-order valence-electron chi connectivity index (χ1n) is 11.1. The summed E-state index contributed by atoms with van der Waals surface area (Å²) in [6, 6.07) is 7.02. The van der Waals surface area contributed by atoms with E-state index in [0.29, 0.717) is 29.2 Å². The summed E-state index contributed by atoms with van der Waals surface area (Å²) in [5.74, 6) is -0.540. The van der Waals surface area contributed by atoms with E-state index >= 15 is 0 Å². The summed E-state index contributed by atoms with van der Waals surface area (Å²) < 4.78 is 0. The van der Waals surface area contributed by atoms with Crippen LogP contribution in [0.5, 0.6) is 0 Å². The number of aliphatic imine (C=N–C) groups is 1. The minimum atomic E-state index is -0.660. The van der Waals surface area contributed by atoms with Gasteiger partial charge < -0.3 is 22.1 Å². The summed E-state index contributed by atoms with van der Waals surface area (Å²) in [7, 11) is 0. The first kappa shape index (κ1) is 23.3. The average Bonchev–Trinajstić information content (AvgIpc) is 2.76. The largest absolute Gasteiger partial charge is 0.370 e. The van der Waals surface area contributed by atoms with Gasteiger partial charge in [-0.15, -0.1) is 0 Å². The van der Waals surface area contributed by atoms with Crippen molar-refractivity contribution in [1.29, 1.82) is 0 Å². The highest BCUT2D eigenvalue weighted by atomic mass is 35.5.